The molecule has 2 atom stereocenters. The summed E-state index contributed by atoms with van der Waals surface area (Å²) < 4.78 is 10.9. The van der Waals surface area contributed by atoms with Gasteiger partial charge in [-0.05, 0) is 47.7 Å². The third kappa shape index (κ3) is 5.89. The van der Waals surface area contributed by atoms with E-state index in [1.54, 1.807) is 13.2 Å². The van der Waals surface area contributed by atoms with Gasteiger partial charge in [0.25, 0.3) is 0 Å². The number of pyridine rings is 1. The summed E-state index contributed by atoms with van der Waals surface area (Å²) in [5.74, 6) is -0.648. The number of hydrogen-bond acceptors (Lipinski definition) is 6. The predicted molar refractivity (Wildman–Crippen MR) is 129 cm³/mol. The molecule has 0 spiro atoms. The Morgan fingerprint density at radius 2 is 1.86 bits per heavy atom. The number of aliphatic imine (C=N–C) groups is 1. The van der Waals surface area contributed by atoms with E-state index in [9.17, 15) is 14.9 Å². The number of nitrogens with one attached hydrogen (secondary N) is 1. The van der Waals surface area contributed by atoms with Crippen LogP contribution in [-0.2, 0) is 22.6 Å². The van der Waals surface area contributed by atoms with E-state index in [2.05, 4.69) is 15.3 Å². The number of hydrogen-bond donors (Lipinski definition) is 1. The van der Waals surface area contributed by atoms with Gasteiger partial charge < -0.3 is 14.8 Å². The maximum Gasteiger partial charge on any atom is 0.341 e. The maximum atomic E-state index is 13.4. The zero-order chi connectivity index (χ0) is 24.6. The molecule has 176 valence electrons. The number of esters is 1. The van der Waals surface area contributed by atoms with E-state index in [-0.39, 0.29) is 6.61 Å². The zero-order valence-corrected chi connectivity index (χ0v) is 19.2. The van der Waals surface area contributed by atoms with Gasteiger partial charge >= 0.3 is 12.0 Å². The largest absolute Gasteiger partial charge is 0.497 e. The third-order valence-corrected chi connectivity index (χ3v) is 5.75. The molecule has 0 saturated carbocycles. The van der Waals surface area contributed by atoms with Gasteiger partial charge in [-0.3, -0.25) is 9.78 Å². The molecule has 0 fully saturated rings. The molecule has 0 bridgehead atoms. The summed E-state index contributed by atoms with van der Waals surface area (Å²) in [7, 11) is 1.60. The van der Waals surface area contributed by atoms with Crippen LogP contribution < -0.4 is 10.1 Å². The number of carbonyl (C=O) groups is 2. The van der Waals surface area contributed by atoms with Crippen molar-refractivity contribution in [3.8, 4) is 11.8 Å². The molecule has 0 aliphatic carbocycles. The van der Waals surface area contributed by atoms with Gasteiger partial charge in [-0.25, -0.2) is 9.79 Å². The van der Waals surface area contributed by atoms with Crippen LogP contribution in [0.15, 0.2) is 78.0 Å². The Kier molecular flexibility index (Phi) is 7.48. The molecule has 1 aliphatic rings. The highest BCUT2D eigenvalue weighted by Gasteiger charge is 2.40. The normalized spacial score (nSPS) is 17.0. The average Bonchev–Trinajstić information content (AvgIpc) is 2.91. The van der Waals surface area contributed by atoms with Crippen LogP contribution in [0.3, 0.4) is 0 Å². The fourth-order valence-electron chi connectivity index (χ4n) is 4.01. The topological polar surface area (TPSA) is 114 Å². The highest BCUT2D eigenvalue weighted by molar-refractivity contribution is 6.09. The highest BCUT2D eigenvalue weighted by atomic mass is 16.5. The van der Waals surface area contributed by atoms with Crippen LogP contribution in [0.4, 0.5) is 4.79 Å². The number of ether oxygens (including phenoxy) is 2. The van der Waals surface area contributed by atoms with Crippen molar-refractivity contribution in [1.29, 1.82) is 5.26 Å². The van der Waals surface area contributed by atoms with Gasteiger partial charge in [-0.2, -0.15) is 5.26 Å². The number of benzene rings is 2. The average molecular weight is 469 g/mol. The van der Waals surface area contributed by atoms with Crippen LogP contribution in [0.5, 0.6) is 5.75 Å². The Labute approximate surface area is 203 Å². The molecule has 1 N–H and O–H groups in total. The smallest absolute Gasteiger partial charge is 0.341 e. The van der Waals surface area contributed by atoms with Gasteiger partial charge in [-0.15, -0.1) is 0 Å². The number of carbonyl (C=O) groups excluding carboxylic acids is 2. The van der Waals surface area contributed by atoms with Crippen LogP contribution in [0.25, 0.3) is 0 Å². The molecular formula is C27H24N4O4. The van der Waals surface area contributed by atoms with E-state index < -0.39 is 24.0 Å². The molecule has 8 nitrogen and oxygen atoms in total. The number of nitriles is 1. The van der Waals surface area contributed by atoms with Crippen molar-refractivity contribution in [3.05, 3.63) is 95.3 Å². The van der Waals surface area contributed by atoms with E-state index in [0.29, 0.717) is 29.7 Å². The van der Waals surface area contributed by atoms with Gasteiger partial charge in [0, 0.05) is 18.1 Å². The number of aryl methyl sites for hydroxylation is 1. The molecule has 2 amide bonds. The minimum Gasteiger partial charge on any atom is -0.497 e. The summed E-state index contributed by atoms with van der Waals surface area (Å²) >= 11 is 0. The van der Waals surface area contributed by atoms with Gasteiger partial charge in [0.15, 0.2) is 0 Å². The molecule has 2 unspecified atom stereocenters. The second-order valence-corrected chi connectivity index (χ2v) is 8.07. The first-order valence-electron chi connectivity index (χ1n) is 11.1. The lowest BCUT2D eigenvalue weighted by molar-refractivity contribution is -0.148. The fraction of sp³-hybridized carbons (Fsp3) is 0.222. The van der Waals surface area contributed by atoms with Gasteiger partial charge in [0.05, 0.1) is 18.7 Å². The fourth-order valence-corrected chi connectivity index (χ4v) is 4.01. The summed E-state index contributed by atoms with van der Waals surface area (Å²) in [6, 6.07) is 19.3. The molecule has 1 aromatic heterocycles. The van der Waals surface area contributed by atoms with E-state index in [4.69, 9.17) is 9.47 Å². The van der Waals surface area contributed by atoms with E-state index in [1.807, 2.05) is 60.7 Å². The van der Waals surface area contributed by atoms with E-state index in [1.165, 1.54) is 12.4 Å². The lowest BCUT2D eigenvalue weighted by Crippen LogP contribution is -2.45. The molecule has 3 aromatic rings. The first kappa shape index (κ1) is 23.6. The summed E-state index contributed by atoms with van der Waals surface area (Å²) in [5, 5.41) is 12.1. The number of aromatic nitrogens is 1. The van der Waals surface area contributed by atoms with Crippen molar-refractivity contribution < 1.29 is 19.1 Å². The lowest BCUT2D eigenvalue weighted by atomic mass is 9.85. The van der Waals surface area contributed by atoms with Crippen molar-refractivity contribution in [2.24, 2.45) is 10.9 Å². The molecule has 8 heteroatoms. The Morgan fingerprint density at radius 3 is 2.63 bits per heavy atom. The second kappa shape index (κ2) is 11.1. The molecular weight excluding hydrogens is 444 g/mol. The summed E-state index contributed by atoms with van der Waals surface area (Å²) in [5.41, 5.74) is 3.11. The zero-order valence-electron chi connectivity index (χ0n) is 19.2. The number of urea groups is 1. The Bertz CT molecular complexity index is 1280. The SMILES string of the molecule is COc1cccc(CCC2=NC(=O)NC(c3cncc(C#N)c3)C2C(=O)OCc2ccccc2)c1. The van der Waals surface area contributed by atoms with Crippen molar-refractivity contribution >= 4 is 17.7 Å². The molecule has 2 aromatic carbocycles. The molecule has 2 heterocycles. The second-order valence-electron chi connectivity index (χ2n) is 8.07. The van der Waals surface area contributed by atoms with Crippen LogP contribution in [0.1, 0.15) is 34.7 Å². The quantitative estimate of drug-likeness (QED) is 0.497. The molecule has 0 radical (unpaired) electrons. The van der Waals surface area contributed by atoms with Crippen molar-refractivity contribution in [1.82, 2.24) is 10.3 Å². The van der Waals surface area contributed by atoms with Crippen LogP contribution >= 0.6 is 0 Å². The van der Waals surface area contributed by atoms with Crippen LogP contribution in [0, 0.1) is 17.2 Å². The Morgan fingerprint density at radius 1 is 1.06 bits per heavy atom. The molecule has 4 rings (SSSR count). The standard InChI is InChI=1S/C27H24N4O4/c1-34-22-9-5-8-18(13-22)10-11-23-24(26(32)35-17-19-6-3-2-4-7-19)25(31-27(33)30-23)21-12-20(14-28)15-29-16-21/h2-9,12-13,15-16,24-25H,10-11,17H2,1H3,(H,31,33). The van der Waals surface area contributed by atoms with Crippen molar-refractivity contribution in [3.63, 3.8) is 0 Å². The lowest BCUT2D eigenvalue weighted by Gasteiger charge is -2.31. The first-order valence-corrected chi connectivity index (χ1v) is 11.1. The first-order chi connectivity index (χ1) is 17.1. The summed E-state index contributed by atoms with van der Waals surface area (Å²) in [6.07, 6.45) is 3.88. The Hall–Kier alpha value is -4.51. The third-order valence-electron chi connectivity index (χ3n) is 5.75. The molecule has 0 saturated heterocycles. The minimum absolute atomic E-state index is 0.0937. The monoisotopic (exact) mass is 468 g/mol. The maximum absolute atomic E-state index is 13.4. The Balaban J connectivity index is 1.62. The minimum atomic E-state index is -0.863. The highest BCUT2D eigenvalue weighted by Crippen LogP contribution is 2.30. The van der Waals surface area contributed by atoms with Crippen molar-refractivity contribution in [2.75, 3.05) is 7.11 Å². The van der Waals surface area contributed by atoms with Crippen molar-refractivity contribution in [2.45, 2.75) is 25.5 Å². The van der Waals surface area contributed by atoms with E-state index >= 15 is 0 Å². The van der Waals surface area contributed by atoms with Gasteiger partial charge in [0.1, 0.15) is 24.3 Å². The summed E-state index contributed by atoms with van der Waals surface area (Å²) in [6.45, 7) is 0.0937. The van der Waals surface area contributed by atoms with Gasteiger partial charge in [0.2, 0.25) is 0 Å². The van der Waals surface area contributed by atoms with E-state index in [0.717, 1.165) is 16.9 Å². The van der Waals surface area contributed by atoms with Gasteiger partial charge in [-0.1, -0.05) is 42.5 Å². The number of nitrogens with zero attached hydrogens (tertiary/aromatic N) is 3. The number of methoxy groups -OCH3 is 1. The van der Waals surface area contributed by atoms with Crippen LogP contribution in [0.2, 0.25) is 0 Å². The molecule has 1 aliphatic heterocycles. The van der Waals surface area contributed by atoms with Crippen LogP contribution in [-0.4, -0.2) is 29.8 Å². The number of amides is 2. The molecule has 35 heavy (non-hydrogen) atoms. The summed E-state index contributed by atoms with van der Waals surface area (Å²) in [4.78, 5) is 34.2. The number of rotatable bonds is 8. The predicted octanol–water partition coefficient (Wildman–Crippen LogP) is 4.16.